The molecule has 1 aromatic heterocycles. The first-order valence-corrected chi connectivity index (χ1v) is 4.54. The summed E-state index contributed by atoms with van der Waals surface area (Å²) in [6.45, 7) is 4.32. The molecule has 2 heteroatoms. The fourth-order valence-corrected chi connectivity index (χ4v) is 1.51. The fraction of sp³-hybridized carbons (Fsp3) is 0.273. The molecular formula is C11H14N2. The van der Waals surface area contributed by atoms with Crippen molar-refractivity contribution in [2.45, 2.75) is 19.9 Å². The zero-order chi connectivity index (χ0) is 9.42. The summed E-state index contributed by atoms with van der Waals surface area (Å²) in [7, 11) is 0. The van der Waals surface area contributed by atoms with E-state index in [-0.39, 0.29) is 0 Å². The van der Waals surface area contributed by atoms with E-state index >= 15 is 0 Å². The van der Waals surface area contributed by atoms with Gasteiger partial charge in [-0.3, -0.25) is 0 Å². The van der Waals surface area contributed by atoms with Gasteiger partial charge in [-0.05, 0) is 19.9 Å². The maximum atomic E-state index is 5.86. The lowest BCUT2D eigenvalue weighted by molar-refractivity contribution is 0.606. The Morgan fingerprint density at radius 2 is 2.00 bits per heavy atom. The second-order valence-corrected chi connectivity index (χ2v) is 3.65. The van der Waals surface area contributed by atoms with Gasteiger partial charge in [0.1, 0.15) is 0 Å². The summed E-state index contributed by atoms with van der Waals surface area (Å²) in [5.41, 5.74) is 6.71. The molecule has 13 heavy (non-hydrogen) atoms. The third-order valence-corrected chi connectivity index (χ3v) is 2.34. The molecule has 0 atom stereocenters. The topological polar surface area (TPSA) is 30.9 Å². The Labute approximate surface area is 78.0 Å². The summed E-state index contributed by atoms with van der Waals surface area (Å²) in [6, 6.07) is 6.51. The van der Waals surface area contributed by atoms with Gasteiger partial charge in [0.15, 0.2) is 0 Å². The van der Waals surface area contributed by atoms with Crippen LogP contribution >= 0.6 is 0 Å². The van der Waals surface area contributed by atoms with Crippen molar-refractivity contribution in [3.8, 4) is 0 Å². The lowest BCUT2D eigenvalue weighted by Gasteiger charge is -2.04. The number of aromatic nitrogens is 1. The predicted octanol–water partition coefficient (Wildman–Crippen LogP) is 2.80. The van der Waals surface area contributed by atoms with Crippen molar-refractivity contribution >= 4 is 16.5 Å². The molecule has 0 aliphatic rings. The molecule has 0 bridgehead atoms. The molecule has 0 saturated carbocycles. The molecule has 0 radical (unpaired) electrons. The van der Waals surface area contributed by atoms with Gasteiger partial charge in [0.25, 0.3) is 0 Å². The number of hydrogen-bond acceptors (Lipinski definition) is 1. The van der Waals surface area contributed by atoms with Crippen LogP contribution in [-0.2, 0) is 0 Å². The van der Waals surface area contributed by atoms with Crippen LogP contribution in [0.25, 0.3) is 10.8 Å². The Hall–Kier alpha value is -1.44. The first kappa shape index (κ1) is 8.17. The van der Waals surface area contributed by atoms with Crippen molar-refractivity contribution in [2.24, 2.45) is 0 Å². The van der Waals surface area contributed by atoms with Crippen LogP contribution < -0.4 is 5.73 Å². The highest BCUT2D eigenvalue weighted by molar-refractivity contribution is 5.92. The van der Waals surface area contributed by atoms with E-state index in [1.807, 2.05) is 12.1 Å². The molecule has 2 nitrogen and oxygen atoms in total. The number of benzene rings is 1. The average molecular weight is 174 g/mol. The summed E-state index contributed by atoms with van der Waals surface area (Å²) < 4.78 is 2.18. The molecule has 1 heterocycles. The maximum absolute atomic E-state index is 5.86. The molecule has 68 valence electrons. The number of anilines is 1. The van der Waals surface area contributed by atoms with Crippen molar-refractivity contribution in [2.75, 3.05) is 5.73 Å². The van der Waals surface area contributed by atoms with E-state index in [9.17, 15) is 0 Å². The van der Waals surface area contributed by atoms with Gasteiger partial charge in [-0.15, -0.1) is 0 Å². The van der Waals surface area contributed by atoms with Crippen LogP contribution in [0.4, 0.5) is 5.69 Å². The molecule has 2 N–H and O–H groups in total. The standard InChI is InChI=1S/C11H14N2/c1-8(2)13-6-9-4-3-5-11(12)10(9)7-13/h3-8H,12H2,1-2H3. The molecule has 1 aromatic carbocycles. The van der Waals surface area contributed by atoms with E-state index in [1.54, 1.807) is 0 Å². The smallest absolute Gasteiger partial charge is 0.0409 e. The zero-order valence-electron chi connectivity index (χ0n) is 7.99. The second-order valence-electron chi connectivity index (χ2n) is 3.65. The van der Waals surface area contributed by atoms with E-state index < -0.39 is 0 Å². The monoisotopic (exact) mass is 174 g/mol. The molecule has 2 rings (SSSR count). The van der Waals surface area contributed by atoms with Crippen molar-refractivity contribution in [3.05, 3.63) is 30.6 Å². The van der Waals surface area contributed by atoms with Crippen LogP contribution in [0.1, 0.15) is 19.9 Å². The van der Waals surface area contributed by atoms with Crippen LogP contribution in [-0.4, -0.2) is 4.57 Å². The van der Waals surface area contributed by atoms with Crippen molar-refractivity contribution in [1.82, 2.24) is 4.57 Å². The molecule has 0 unspecified atom stereocenters. The summed E-state index contributed by atoms with van der Waals surface area (Å²) >= 11 is 0. The first-order chi connectivity index (χ1) is 6.18. The Balaban J connectivity index is 2.68. The summed E-state index contributed by atoms with van der Waals surface area (Å²) in [6.07, 6.45) is 4.24. The number of hydrogen-bond donors (Lipinski definition) is 1. The zero-order valence-corrected chi connectivity index (χ0v) is 7.99. The summed E-state index contributed by atoms with van der Waals surface area (Å²) in [5, 5.41) is 2.37. The van der Waals surface area contributed by atoms with Gasteiger partial charge in [-0.2, -0.15) is 0 Å². The first-order valence-electron chi connectivity index (χ1n) is 4.54. The van der Waals surface area contributed by atoms with Crippen molar-refractivity contribution in [1.29, 1.82) is 0 Å². The van der Waals surface area contributed by atoms with Crippen LogP contribution in [0.3, 0.4) is 0 Å². The van der Waals surface area contributed by atoms with E-state index in [1.165, 1.54) is 5.39 Å². The van der Waals surface area contributed by atoms with Gasteiger partial charge in [0.05, 0.1) is 0 Å². The molecule has 0 saturated heterocycles. The summed E-state index contributed by atoms with van der Waals surface area (Å²) in [4.78, 5) is 0. The highest BCUT2D eigenvalue weighted by atomic mass is 15.0. The Morgan fingerprint density at radius 3 is 2.62 bits per heavy atom. The largest absolute Gasteiger partial charge is 0.398 e. The Bertz CT molecular complexity index is 427. The molecule has 0 aliphatic heterocycles. The van der Waals surface area contributed by atoms with E-state index in [0.717, 1.165) is 11.1 Å². The Morgan fingerprint density at radius 1 is 1.23 bits per heavy atom. The highest BCUT2D eigenvalue weighted by Gasteiger charge is 2.02. The predicted molar refractivity (Wildman–Crippen MR) is 56.7 cm³/mol. The Kier molecular flexibility index (Phi) is 1.76. The number of nitrogen functional groups attached to an aromatic ring is 1. The minimum atomic E-state index is 0.492. The minimum absolute atomic E-state index is 0.492. The van der Waals surface area contributed by atoms with E-state index in [2.05, 4.69) is 36.9 Å². The van der Waals surface area contributed by atoms with Crippen LogP contribution in [0.15, 0.2) is 30.6 Å². The number of fused-ring (bicyclic) bond motifs is 1. The van der Waals surface area contributed by atoms with E-state index in [0.29, 0.717) is 6.04 Å². The lowest BCUT2D eigenvalue weighted by atomic mass is 10.2. The van der Waals surface area contributed by atoms with E-state index in [4.69, 9.17) is 5.73 Å². The second kappa shape index (κ2) is 2.80. The van der Waals surface area contributed by atoms with Gasteiger partial charge in [-0.25, -0.2) is 0 Å². The van der Waals surface area contributed by atoms with Crippen LogP contribution in [0.5, 0.6) is 0 Å². The van der Waals surface area contributed by atoms with Gasteiger partial charge in [0.2, 0.25) is 0 Å². The van der Waals surface area contributed by atoms with Crippen molar-refractivity contribution < 1.29 is 0 Å². The number of nitrogens with zero attached hydrogens (tertiary/aromatic N) is 1. The number of nitrogens with two attached hydrogens (primary N) is 1. The third-order valence-electron chi connectivity index (χ3n) is 2.34. The van der Waals surface area contributed by atoms with Crippen LogP contribution in [0.2, 0.25) is 0 Å². The minimum Gasteiger partial charge on any atom is -0.398 e. The molecule has 2 aromatic rings. The van der Waals surface area contributed by atoms with Gasteiger partial charge in [0, 0.05) is 34.9 Å². The molecule has 0 fully saturated rings. The van der Waals surface area contributed by atoms with Crippen LogP contribution in [0, 0.1) is 0 Å². The molecule has 0 spiro atoms. The molecule has 0 aliphatic carbocycles. The van der Waals surface area contributed by atoms with Gasteiger partial charge >= 0.3 is 0 Å². The normalized spacial score (nSPS) is 11.3. The molecular weight excluding hydrogens is 160 g/mol. The summed E-state index contributed by atoms with van der Waals surface area (Å²) in [5.74, 6) is 0. The quantitative estimate of drug-likeness (QED) is 0.662. The molecule has 0 amide bonds. The van der Waals surface area contributed by atoms with Gasteiger partial charge in [-0.1, -0.05) is 12.1 Å². The maximum Gasteiger partial charge on any atom is 0.0409 e. The SMILES string of the molecule is CC(C)n1cc2cccc(N)c2c1. The highest BCUT2D eigenvalue weighted by Crippen LogP contribution is 2.23. The number of rotatable bonds is 1. The van der Waals surface area contributed by atoms with Gasteiger partial charge < -0.3 is 10.3 Å². The van der Waals surface area contributed by atoms with Crippen molar-refractivity contribution in [3.63, 3.8) is 0 Å². The average Bonchev–Trinajstić information content (AvgIpc) is 2.49. The lowest BCUT2D eigenvalue weighted by Crippen LogP contribution is -1.95. The third kappa shape index (κ3) is 1.28. The fourth-order valence-electron chi connectivity index (χ4n) is 1.51.